The van der Waals surface area contributed by atoms with E-state index in [-0.39, 0.29) is 0 Å². The van der Waals surface area contributed by atoms with Crippen molar-refractivity contribution in [1.29, 1.82) is 0 Å². The smallest absolute Gasteiger partial charge is 0.340 e. The Balaban J connectivity index is 2.43. The van der Waals surface area contributed by atoms with Gasteiger partial charge in [0.15, 0.2) is 5.03 Å². The van der Waals surface area contributed by atoms with Gasteiger partial charge in [-0.15, -0.1) is 0 Å². The summed E-state index contributed by atoms with van der Waals surface area (Å²) in [5.74, 6) is -1.37. The van der Waals surface area contributed by atoms with Crippen LogP contribution in [0, 0.1) is 13.8 Å². The number of carboxylic acids is 1. The van der Waals surface area contributed by atoms with E-state index in [1.807, 2.05) is 13.8 Å². The first-order chi connectivity index (χ1) is 9.72. The molecule has 1 aromatic heterocycles. The molecule has 0 radical (unpaired) electrons. The molecule has 1 heterocycles. The highest BCUT2D eigenvalue weighted by atomic mass is 79.9. The van der Waals surface area contributed by atoms with E-state index < -0.39 is 26.6 Å². The minimum atomic E-state index is -4.06. The molecule has 0 amide bonds. The third kappa shape index (κ3) is 3.08. The van der Waals surface area contributed by atoms with Crippen molar-refractivity contribution in [2.45, 2.75) is 18.9 Å². The van der Waals surface area contributed by atoms with Crippen molar-refractivity contribution in [3.63, 3.8) is 0 Å². The van der Waals surface area contributed by atoms with E-state index in [2.05, 4.69) is 30.8 Å². The Morgan fingerprint density at radius 1 is 1.33 bits per heavy atom. The Morgan fingerprint density at radius 3 is 2.43 bits per heavy atom. The minimum Gasteiger partial charge on any atom is -0.478 e. The van der Waals surface area contributed by atoms with Crippen molar-refractivity contribution in [1.82, 2.24) is 10.2 Å². The number of anilines is 1. The highest BCUT2D eigenvalue weighted by molar-refractivity contribution is 9.10. The second-order valence-corrected chi connectivity index (χ2v) is 6.86. The fourth-order valence-corrected chi connectivity index (χ4v) is 3.20. The summed E-state index contributed by atoms with van der Waals surface area (Å²) in [5.41, 5.74) is 1.65. The molecule has 0 saturated carbocycles. The van der Waals surface area contributed by atoms with E-state index in [4.69, 9.17) is 5.11 Å². The first-order valence-corrected chi connectivity index (χ1v) is 8.06. The Kier molecular flexibility index (Phi) is 4.06. The van der Waals surface area contributed by atoms with Crippen molar-refractivity contribution in [3.8, 4) is 0 Å². The van der Waals surface area contributed by atoms with Crippen LogP contribution in [0.4, 0.5) is 5.69 Å². The molecule has 0 aliphatic rings. The number of aromatic carboxylic acids is 1. The number of rotatable bonds is 4. The van der Waals surface area contributed by atoms with Crippen molar-refractivity contribution in [2.24, 2.45) is 0 Å². The van der Waals surface area contributed by atoms with Crippen LogP contribution < -0.4 is 4.72 Å². The number of sulfonamides is 1. The number of carbonyl (C=O) groups is 1. The minimum absolute atomic E-state index is 0.346. The lowest BCUT2D eigenvalue weighted by Crippen LogP contribution is -2.17. The number of aromatic nitrogens is 2. The molecule has 0 saturated heterocycles. The summed E-state index contributed by atoms with van der Waals surface area (Å²) < 4.78 is 27.7. The molecule has 0 unspecified atom stereocenters. The van der Waals surface area contributed by atoms with Crippen molar-refractivity contribution in [2.75, 3.05) is 4.72 Å². The SMILES string of the molecule is Cc1cc(NS(=O)(=O)c2[nH]ncc2C(=O)O)cc(C)c1Br. The zero-order valence-corrected chi connectivity index (χ0v) is 13.5. The molecule has 21 heavy (non-hydrogen) atoms. The van der Waals surface area contributed by atoms with Crippen LogP contribution in [-0.2, 0) is 10.0 Å². The van der Waals surface area contributed by atoms with Crippen LogP contribution in [0.2, 0.25) is 0 Å². The summed E-state index contributed by atoms with van der Waals surface area (Å²) in [6.07, 6.45) is 0.953. The van der Waals surface area contributed by atoms with E-state index in [0.29, 0.717) is 5.69 Å². The molecule has 2 aromatic rings. The summed E-state index contributed by atoms with van der Waals surface area (Å²) in [4.78, 5) is 11.0. The molecule has 0 aliphatic heterocycles. The van der Waals surface area contributed by atoms with Gasteiger partial charge in [-0.05, 0) is 37.1 Å². The number of carboxylic acid groups (broad SMARTS) is 1. The number of halogens is 1. The van der Waals surface area contributed by atoms with Crippen LogP contribution in [-0.4, -0.2) is 29.7 Å². The molecular weight excluding hydrogens is 362 g/mol. The van der Waals surface area contributed by atoms with Gasteiger partial charge in [0.2, 0.25) is 0 Å². The number of aromatic amines is 1. The molecule has 112 valence electrons. The molecule has 0 bridgehead atoms. The van der Waals surface area contributed by atoms with Crippen molar-refractivity contribution < 1.29 is 18.3 Å². The lowest BCUT2D eigenvalue weighted by atomic mass is 10.1. The fourth-order valence-electron chi connectivity index (χ4n) is 1.84. The number of hydrogen-bond donors (Lipinski definition) is 3. The molecule has 0 spiro atoms. The van der Waals surface area contributed by atoms with Gasteiger partial charge in [-0.25, -0.2) is 4.79 Å². The normalized spacial score (nSPS) is 11.4. The second-order valence-electron chi connectivity index (χ2n) is 4.45. The maximum Gasteiger partial charge on any atom is 0.340 e. The number of nitrogens with one attached hydrogen (secondary N) is 2. The van der Waals surface area contributed by atoms with Gasteiger partial charge >= 0.3 is 5.97 Å². The zero-order chi connectivity index (χ0) is 15.8. The lowest BCUT2D eigenvalue weighted by molar-refractivity contribution is 0.0692. The van der Waals surface area contributed by atoms with E-state index in [1.165, 1.54) is 0 Å². The van der Waals surface area contributed by atoms with E-state index in [1.54, 1.807) is 12.1 Å². The van der Waals surface area contributed by atoms with Crippen LogP contribution >= 0.6 is 15.9 Å². The lowest BCUT2D eigenvalue weighted by Gasteiger charge is -2.10. The summed E-state index contributed by atoms with van der Waals surface area (Å²) in [6.45, 7) is 3.65. The Hall–Kier alpha value is -1.87. The molecule has 2 rings (SSSR count). The molecule has 1 aromatic carbocycles. The van der Waals surface area contributed by atoms with Gasteiger partial charge in [0.1, 0.15) is 5.56 Å². The van der Waals surface area contributed by atoms with E-state index in [0.717, 1.165) is 21.8 Å². The standard InChI is InChI=1S/C12H12BrN3O4S/c1-6-3-8(4-7(2)10(6)13)16-21(19,20)11-9(12(17)18)5-14-15-11/h3-5,16H,1-2H3,(H,14,15)(H,17,18). The van der Waals surface area contributed by atoms with Gasteiger partial charge < -0.3 is 5.11 Å². The molecule has 9 heteroatoms. The number of aryl methyl sites for hydroxylation is 2. The fraction of sp³-hybridized carbons (Fsp3) is 0.167. The maximum atomic E-state index is 12.2. The van der Waals surface area contributed by atoms with Gasteiger partial charge in [0, 0.05) is 10.2 Å². The summed E-state index contributed by atoms with van der Waals surface area (Å²) in [6, 6.07) is 3.29. The number of hydrogen-bond acceptors (Lipinski definition) is 4. The highest BCUT2D eigenvalue weighted by Gasteiger charge is 2.25. The van der Waals surface area contributed by atoms with Gasteiger partial charge in [-0.1, -0.05) is 15.9 Å². The predicted octanol–water partition coefficient (Wildman–Crippen LogP) is 2.29. The first kappa shape index (κ1) is 15.5. The predicted molar refractivity (Wildman–Crippen MR) is 80.0 cm³/mol. The largest absolute Gasteiger partial charge is 0.478 e. The summed E-state index contributed by atoms with van der Waals surface area (Å²) >= 11 is 3.39. The third-order valence-electron chi connectivity index (χ3n) is 2.79. The first-order valence-electron chi connectivity index (χ1n) is 5.78. The van der Waals surface area contributed by atoms with Crippen LogP contribution in [0.15, 0.2) is 27.8 Å². The molecule has 7 nitrogen and oxygen atoms in total. The Morgan fingerprint density at radius 2 is 1.90 bits per heavy atom. The van der Waals surface area contributed by atoms with Crippen LogP contribution in [0.3, 0.4) is 0 Å². The summed E-state index contributed by atoms with van der Waals surface area (Å²) in [7, 11) is -4.06. The molecule has 0 aliphatic carbocycles. The molecule has 3 N–H and O–H groups in total. The van der Waals surface area contributed by atoms with Crippen molar-refractivity contribution in [3.05, 3.63) is 39.5 Å². The second kappa shape index (κ2) is 5.49. The molecule has 0 atom stereocenters. The van der Waals surface area contributed by atoms with Gasteiger partial charge in [-0.2, -0.15) is 13.5 Å². The highest BCUT2D eigenvalue weighted by Crippen LogP contribution is 2.26. The van der Waals surface area contributed by atoms with Gasteiger partial charge in [0.25, 0.3) is 10.0 Å². The quantitative estimate of drug-likeness (QED) is 0.760. The Labute approximate surface area is 129 Å². The topological polar surface area (TPSA) is 112 Å². The van der Waals surface area contributed by atoms with E-state index in [9.17, 15) is 13.2 Å². The summed E-state index contributed by atoms with van der Waals surface area (Å²) in [5, 5.41) is 14.1. The number of H-pyrrole nitrogens is 1. The number of benzene rings is 1. The van der Waals surface area contributed by atoms with E-state index >= 15 is 0 Å². The average molecular weight is 374 g/mol. The maximum absolute atomic E-state index is 12.2. The molecule has 0 fully saturated rings. The molecular formula is C12H12BrN3O4S. The number of nitrogens with zero attached hydrogens (tertiary/aromatic N) is 1. The van der Waals surface area contributed by atoms with Crippen molar-refractivity contribution >= 4 is 37.6 Å². The zero-order valence-electron chi connectivity index (χ0n) is 11.1. The third-order valence-corrected chi connectivity index (χ3v) is 5.40. The monoisotopic (exact) mass is 373 g/mol. The van der Waals surface area contributed by atoms with Crippen LogP contribution in [0.5, 0.6) is 0 Å². The Bertz CT molecular complexity index is 791. The van der Waals surface area contributed by atoms with Gasteiger partial charge in [0.05, 0.1) is 6.20 Å². The van der Waals surface area contributed by atoms with Crippen LogP contribution in [0.1, 0.15) is 21.5 Å². The van der Waals surface area contributed by atoms with Gasteiger partial charge in [-0.3, -0.25) is 9.82 Å². The van der Waals surface area contributed by atoms with Crippen LogP contribution in [0.25, 0.3) is 0 Å². The average Bonchev–Trinajstić information content (AvgIpc) is 2.85.